The van der Waals surface area contributed by atoms with E-state index in [2.05, 4.69) is 41.5 Å². The van der Waals surface area contributed by atoms with Crippen LogP contribution in [0.15, 0.2) is 0 Å². The Labute approximate surface area is 111 Å². The van der Waals surface area contributed by atoms with Gasteiger partial charge in [-0.05, 0) is 23.7 Å². The zero-order valence-corrected chi connectivity index (χ0v) is 12.7. The molecule has 2 bridgehead atoms. The number of rotatable bonds is 2. The van der Waals surface area contributed by atoms with Gasteiger partial charge in [-0.2, -0.15) is 0 Å². The highest BCUT2D eigenvalue weighted by atomic mass is 16.5. The SMILES string of the molecule is CCC1OC(CC)C2C1C1OC2C(C)(C)C1(C)C. The van der Waals surface area contributed by atoms with E-state index in [0.717, 1.165) is 12.8 Å². The first-order chi connectivity index (χ1) is 8.36. The largest absolute Gasteiger partial charge is 0.374 e. The summed E-state index contributed by atoms with van der Waals surface area (Å²) in [7, 11) is 0. The van der Waals surface area contributed by atoms with E-state index < -0.39 is 0 Å². The molecule has 3 rings (SSSR count). The maximum atomic E-state index is 6.45. The second-order valence-corrected chi connectivity index (χ2v) is 7.60. The van der Waals surface area contributed by atoms with Crippen molar-refractivity contribution in [3.8, 4) is 0 Å². The van der Waals surface area contributed by atoms with Crippen molar-refractivity contribution in [2.24, 2.45) is 22.7 Å². The van der Waals surface area contributed by atoms with Gasteiger partial charge in [-0.15, -0.1) is 0 Å². The summed E-state index contributed by atoms with van der Waals surface area (Å²) in [4.78, 5) is 0. The van der Waals surface area contributed by atoms with Gasteiger partial charge in [0, 0.05) is 11.8 Å². The molecule has 0 aromatic carbocycles. The van der Waals surface area contributed by atoms with Gasteiger partial charge in [0.2, 0.25) is 0 Å². The Morgan fingerprint density at radius 3 is 1.44 bits per heavy atom. The summed E-state index contributed by atoms with van der Waals surface area (Å²) in [6.07, 6.45) is 3.88. The second-order valence-electron chi connectivity index (χ2n) is 7.60. The highest BCUT2D eigenvalue weighted by Crippen LogP contribution is 2.66. The van der Waals surface area contributed by atoms with Crippen LogP contribution in [0.4, 0.5) is 0 Å². The van der Waals surface area contributed by atoms with Crippen LogP contribution in [0.2, 0.25) is 0 Å². The molecule has 2 nitrogen and oxygen atoms in total. The molecule has 0 N–H and O–H groups in total. The van der Waals surface area contributed by atoms with Crippen LogP contribution in [-0.4, -0.2) is 24.4 Å². The first-order valence-corrected chi connectivity index (χ1v) is 7.67. The van der Waals surface area contributed by atoms with Gasteiger partial charge >= 0.3 is 0 Å². The van der Waals surface area contributed by atoms with Crippen molar-refractivity contribution < 1.29 is 9.47 Å². The minimum atomic E-state index is 0.262. The molecule has 18 heavy (non-hydrogen) atoms. The summed E-state index contributed by atoms with van der Waals surface area (Å²) >= 11 is 0. The number of ether oxygens (including phenoxy) is 2. The third kappa shape index (κ3) is 1.27. The van der Waals surface area contributed by atoms with Crippen molar-refractivity contribution in [3.63, 3.8) is 0 Å². The van der Waals surface area contributed by atoms with E-state index in [1.807, 2.05) is 0 Å². The van der Waals surface area contributed by atoms with Crippen LogP contribution in [0, 0.1) is 22.7 Å². The van der Waals surface area contributed by atoms with Gasteiger partial charge < -0.3 is 9.47 Å². The van der Waals surface area contributed by atoms with Crippen LogP contribution < -0.4 is 0 Å². The van der Waals surface area contributed by atoms with Gasteiger partial charge in [0.05, 0.1) is 24.4 Å². The van der Waals surface area contributed by atoms with Gasteiger partial charge in [-0.1, -0.05) is 41.5 Å². The van der Waals surface area contributed by atoms with Gasteiger partial charge in [-0.3, -0.25) is 0 Å². The molecule has 6 atom stereocenters. The maximum Gasteiger partial charge on any atom is 0.0693 e. The smallest absolute Gasteiger partial charge is 0.0693 e. The highest BCUT2D eigenvalue weighted by molar-refractivity contribution is 5.18. The lowest BCUT2D eigenvalue weighted by atomic mass is 9.53. The molecule has 3 aliphatic rings. The predicted molar refractivity (Wildman–Crippen MR) is 72.4 cm³/mol. The monoisotopic (exact) mass is 252 g/mol. The lowest BCUT2D eigenvalue weighted by molar-refractivity contribution is -0.0407. The fraction of sp³-hybridized carbons (Fsp3) is 1.00. The van der Waals surface area contributed by atoms with Crippen molar-refractivity contribution in [2.45, 2.75) is 78.8 Å². The summed E-state index contributed by atoms with van der Waals surface area (Å²) in [5, 5.41) is 0. The summed E-state index contributed by atoms with van der Waals surface area (Å²) in [5.41, 5.74) is 0.524. The fourth-order valence-corrected chi connectivity index (χ4v) is 4.81. The summed E-state index contributed by atoms with van der Waals surface area (Å²) in [5.74, 6) is 1.26. The average molecular weight is 252 g/mol. The van der Waals surface area contributed by atoms with E-state index in [1.54, 1.807) is 0 Å². The van der Waals surface area contributed by atoms with Crippen LogP contribution in [0.25, 0.3) is 0 Å². The van der Waals surface area contributed by atoms with Crippen LogP contribution in [-0.2, 0) is 9.47 Å². The molecule has 0 amide bonds. The van der Waals surface area contributed by atoms with Gasteiger partial charge in [0.15, 0.2) is 0 Å². The molecule has 6 unspecified atom stereocenters. The lowest BCUT2D eigenvalue weighted by Crippen LogP contribution is -2.52. The van der Waals surface area contributed by atoms with E-state index in [0.29, 0.717) is 36.3 Å². The van der Waals surface area contributed by atoms with Crippen molar-refractivity contribution in [2.75, 3.05) is 0 Å². The van der Waals surface area contributed by atoms with Crippen molar-refractivity contribution in [3.05, 3.63) is 0 Å². The van der Waals surface area contributed by atoms with Crippen LogP contribution >= 0.6 is 0 Å². The number of fused-ring (bicyclic) bond motifs is 5. The van der Waals surface area contributed by atoms with Crippen molar-refractivity contribution in [1.29, 1.82) is 0 Å². The first-order valence-electron chi connectivity index (χ1n) is 7.67. The molecule has 3 heterocycles. The fourth-order valence-electron chi connectivity index (χ4n) is 4.81. The molecule has 3 aliphatic heterocycles. The summed E-state index contributed by atoms with van der Waals surface area (Å²) in [6, 6.07) is 0. The minimum Gasteiger partial charge on any atom is -0.374 e. The van der Waals surface area contributed by atoms with Crippen LogP contribution in [0.1, 0.15) is 54.4 Å². The van der Waals surface area contributed by atoms with E-state index in [4.69, 9.17) is 9.47 Å². The van der Waals surface area contributed by atoms with Crippen molar-refractivity contribution >= 4 is 0 Å². The molecule has 0 aromatic rings. The zero-order chi connectivity index (χ0) is 13.3. The minimum absolute atomic E-state index is 0.262. The molecule has 0 radical (unpaired) electrons. The number of hydrogen-bond acceptors (Lipinski definition) is 2. The standard InChI is InChI=1S/C16H28O2/c1-7-9-11-12(10(8-2)17-9)14-16(5,6)15(3,4)13(11)18-14/h9-14H,7-8H2,1-6H3. The Morgan fingerprint density at radius 1 is 0.722 bits per heavy atom. The highest BCUT2D eigenvalue weighted by Gasteiger charge is 2.71. The Hall–Kier alpha value is -0.0800. The number of hydrogen-bond donors (Lipinski definition) is 0. The zero-order valence-electron chi connectivity index (χ0n) is 12.7. The molecule has 104 valence electrons. The quantitative estimate of drug-likeness (QED) is 0.747. The van der Waals surface area contributed by atoms with Gasteiger partial charge in [0.1, 0.15) is 0 Å². The Bertz CT molecular complexity index is 315. The third-order valence-corrected chi connectivity index (χ3v) is 6.53. The molecule has 2 heteroatoms. The summed E-state index contributed by atoms with van der Waals surface area (Å²) < 4.78 is 12.8. The van der Waals surface area contributed by atoms with Gasteiger partial charge in [0.25, 0.3) is 0 Å². The normalized spacial score (nSPS) is 51.7. The van der Waals surface area contributed by atoms with Crippen molar-refractivity contribution in [1.82, 2.24) is 0 Å². The van der Waals surface area contributed by atoms with E-state index in [9.17, 15) is 0 Å². The molecule has 3 saturated heterocycles. The average Bonchev–Trinajstić information content (AvgIpc) is 2.88. The first kappa shape index (κ1) is 12.9. The van der Waals surface area contributed by atoms with Crippen LogP contribution in [0.5, 0.6) is 0 Å². The topological polar surface area (TPSA) is 18.5 Å². The molecular weight excluding hydrogens is 224 g/mol. The van der Waals surface area contributed by atoms with Gasteiger partial charge in [-0.25, -0.2) is 0 Å². The van der Waals surface area contributed by atoms with E-state index >= 15 is 0 Å². The molecule has 0 spiro atoms. The van der Waals surface area contributed by atoms with Crippen LogP contribution in [0.3, 0.4) is 0 Å². The molecule has 0 aliphatic carbocycles. The molecule has 0 saturated carbocycles. The van der Waals surface area contributed by atoms with E-state index in [-0.39, 0.29) is 10.8 Å². The maximum absolute atomic E-state index is 6.45. The molecular formula is C16H28O2. The lowest BCUT2D eigenvalue weighted by Gasteiger charge is -2.47. The van der Waals surface area contributed by atoms with E-state index in [1.165, 1.54) is 0 Å². The Balaban J connectivity index is 1.99. The Kier molecular flexibility index (Phi) is 2.68. The Morgan fingerprint density at radius 2 is 1.11 bits per heavy atom. The molecule has 3 fully saturated rings. The summed E-state index contributed by atoms with van der Waals surface area (Å²) in [6.45, 7) is 14.1. The second kappa shape index (κ2) is 3.73. The molecule has 0 aromatic heterocycles. The third-order valence-electron chi connectivity index (χ3n) is 6.53. The predicted octanol–water partition coefficient (Wildman–Crippen LogP) is 3.64.